The van der Waals surface area contributed by atoms with Crippen molar-refractivity contribution in [2.45, 2.75) is 31.8 Å². The first kappa shape index (κ1) is 13.0. The molecular weight excluding hydrogens is 226 g/mol. The van der Waals surface area contributed by atoms with Gasteiger partial charge >= 0.3 is 0 Å². The quantitative estimate of drug-likeness (QED) is 0.759. The zero-order valence-electron chi connectivity index (χ0n) is 11.4. The second-order valence-corrected chi connectivity index (χ2v) is 5.08. The standard InChI is InChI=1S/C14H23N3O/c1-10(17(2)11-4-5-11)9-16-14-8-12(18-3)6-7-13(14)15/h6-8,10-11,16H,4-5,9,15H2,1-3H3. The molecule has 0 aromatic heterocycles. The Bertz CT molecular complexity index is 404. The van der Waals surface area contributed by atoms with Crippen molar-refractivity contribution in [2.75, 3.05) is 31.8 Å². The molecule has 1 aliphatic rings. The summed E-state index contributed by atoms with van der Waals surface area (Å²) in [7, 11) is 3.86. The Morgan fingerprint density at radius 3 is 2.83 bits per heavy atom. The van der Waals surface area contributed by atoms with Gasteiger partial charge in [0, 0.05) is 24.7 Å². The van der Waals surface area contributed by atoms with Crippen molar-refractivity contribution >= 4 is 11.4 Å². The molecule has 1 aliphatic carbocycles. The summed E-state index contributed by atoms with van der Waals surface area (Å²) < 4.78 is 5.21. The molecule has 4 nitrogen and oxygen atoms in total. The second kappa shape index (κ2) is 5.48. The lowest BCUT2D eigenvalue weighted by Gasteiger charge is -2.25. The lowest BCUT2D eigenvalue weighted by molar-refractivity contribution is 0.257. The number of rotatable bonds is 6. The second-order valence-electron chi connectivity index (χ2n) is 5.08. The molecule has 0 aliphatic heterocycles. The van der Waals surface area contributed by atoms with Gasteiger partial charge in [-0.05, 0) is 38.9 Å². The van der Waals surface area contributed by atoms with Gasteiger partial charge in [-0.1, -0.05) is 0 Å². The van der Waals surface area contributed by atoms with Gasteiger partial charge in [0.2, 0.25) is 0 Å². The van der Waals surface area contributed by atoms with E-state index in [1.807, 2.05) is 18.2 Å². The van der Waals surface area contributed by atoms with E-state index < -0.39 is 0 Å². The number of nitrogen functional groups attached to an aromatic ring is 1. The molecule has 2 rings (SSSR count). The summed E-state index contributed by atoms with van der Waals surface area (Å²) in [5, 5.41) is 3.40. The van der Waals surface area contributed by atoms with Crippen LogP contribution in [0.3, 0.4) is 0 Å². The number of anilines is 2. The largest absolute Gasteiger partial charge is 0.497 e. The summed E-state index contributed by atoms with van der Waals surface area (Å²) >= 11 is 0. The molecular formula is C14H23N3O. The van der Waals surface area contributed by atoms with E-state index in [1.54, 1.807) is 7.11 Å². The van der Waals surface area contributed by atoms with Crippen LogP contribution in [0, 0.1) is 0 Å². The third kappa shape index (κ3) is 3.07. The number of hydrogen-bond acceptors (Lipinski definition) is 4. The molecule has 0 amide bonds. The molecule has 1 aromatic rings. The molecule has 0 bridgehead atoms. The summed E-state index contributed by atoms with van der Waals surface area (Å²) in [6.07, 6.45) is 2.67. The Balaban J connectivity index is 1.92. The van der Waals surface area contributed by atoms with Gasteiger partial charge in [0.25, 0.3) is 0 Å². The van der Waals surface area contributed by atoms with Crippen LogP contribution in [-0.4, -0.2) is 37.7 Å². The number of nitrogens with one attached hydrogen (secondary N) is 1. The summed E-state index contributed by atoms with van der Waals surface area (Å²) in [4.78, 5) is 2.43. The van der Waals surface area contributed by atoms with Gasteiger partial charge < -0.3 is 15.8 Å². The highest BCUT2D eigenvalue weighted by molar-refractivity contribution is 5.68. The van der Waals surface area contributed by atoms with E-state index in [0.717, 1.165) is 29.7 Å². The van der Waals surface area contributed by atoms with Crippen molar-refractivity contribution in [1.29, 1.82) is 0 Å². The molecule has 1 unspecified atom stereocenters. The van der Waals surface area contributed by atoms with E-state index in [4.69, 9.17) is 10.5 Å². The molecule has 18 heavy (non-hydrogen) atoms. The third-order valence-corrected chi connectivity index (χ3v) is 3.67. The molecule has 1 atom stereocenters. The fourth-order valence-electron chi connectivity index (χ4n) is 2.06. The van der Waals surface area contributed by atoms with Crippen LogP contribution in [0.5, 0.6) is 5.75 Å². The molecule has 1 saturated carbocycles. The van der Waals surface area contributed by atoms with E-state index in [9.17, 15) is 0 Å². The maximum absolute atomic E-state index is 5.95. The van der Waals surface area contributed by atoms with Crippen molar-refractivity contribution < 1.29 is 4.74 Å². The van der Waals surface area contributed by atoms with Crippen LogP contribution in [0.4, 0.5) is 11.4 Å². The molecule has 1 aromatic carbocycles. The lowest BCUT2D eigenvalue weighted by atomic mass is 10.2. The minimum absolute atomic E-state index is 0.503. The van der Waals surface area contributed by atoms with Gasteiger partial charge in [-0.25, -0.2) is 0 Å². The van der Waals surface area contributed by atoms with Gasteiger partial charge in [-0.3, -0.25) is 4.90 Å². The molecule has 0 saturated heterocycles. The summed E-state index contributed by atoms with van der Waals surface area (Å²) in [5.74, 6) is 0.829. The fourth-order valence-corrected chi connectivity index (χ4v) is 2.06. The van der Waals surface area contributed by atoms with Crippen LogP contribution in [-0.2, 0) is 0 Å². The van der Waals surface area contributed by atoms with Gasteiger partial charge in [0.15, 0.2) is 0 Å². The highest BCUT2D eigenvalue weighted by Gasteiger charge is 2.28. The number of benzene rings is 1. The minimum Gasteiger partial charge on any atom is -0.497 e. The predicted octanol–water partition coefficient (Wildman–Crippen LogP) is 2.17. The molecule has 3 N–H and O–H groups in total. The number of methoxy groups -OCH3 is 1. The highest BCUT2D eigenvalue weighted by atomic mass is 16.5. The van der Waals surface area contributed by atoms with Crippen LogP contribution < -0.4 is 15.8 Å². The molecule has 0 radical (unpaired) electrons. The average molecular weight is 249 g/mol. The normalized spacial score (nSPS) is 16.7. The van der Waals surface area contributed by atoms with Crippen molar-refractivity contribution in [2.24, 2.45) is 0 Å². The fraction of sp³-hybridized carbons (Fsp3) is 0.571. The Morgan fingerprint density at radius 2 is 2.22 bits per heavy atom. The Kier molecular flexibility index (Phi) is 3.97. The smallest absolute Gasteiger partial charge is 0.121 e. The predicted molar refractivity (Wildman–Crippen MR) is 76.1 cm³/mol. The zero-order chi connectivity index (χ0) is 13.1. The summed E-state index contributed by atoms with van der Waals surface area (Å²) in [6.45, 7) is 3.13. The Labute approximate surface area is 109 Å². The van der Waals surface area contributed by atoms with Crippen molar-refractivity contribution in [3.05, 3.63) is 18.2 Å². The maximum Gasteiger partial charge on any atom is 0.121 e. The van der Waals surface area contributed by atoms with Crippen LogP contribution in [0.1, 0.15) is 19.8 Å². The number of nitrogens with two attached hydrogens (primary N) is 1. The van der Waals surface area contributed by atoms with Crippen LogP contribution in [0.2, 0.25) is 0 Å². The lowest BCUT2D eigenvalue weighted by Crippen LogP contribution is -2.36. The Hall–Kier alpha value is -1.42. The van der Waals surface area contributed by atoms with E-state index in [0.29, 0.717) is 6.04 Å². The minimum atomic E-state index is 0.503. The third-order valence-electron chi connectivity index (χ3n) is 3.67. The number of likely N-dealkylation sites (N-methyl/N-ethyl adjacent to an activating group) is 1. The van der Waals surface area contributed by atoms with E-state index >= 15 is 0 Å². The van der Waals surface area contributed by atoms with Crippen molar-refractivity contribution in [3.63, 3.8) is 0 Å². The van der Waals surface area contributed by atoms with Crippen molar-refractivity contribution in [1.82, 2.24) is 4.90 Å². The molecule has 0 spiro atoms. The molecule has 4 heteroatoms. The molecule has 0 heterocycles. The number of hydrogen-bond donors (Lipinski definition) is 2. The first-order valence-electron chi connectivity index (χ1n) is 6.51. The van der Waals surface area contributed by atoms with Gasteiger partial charge in [0.1, 0.15) is 5.75 Å². The summed E-state index contributed by atoms with van der Waals surface area (Å²) in [5.41, 5.74) is 7.66. The van der Waals surface area contributed by atoms with Gasteiger partial charge in [0.05, 0.1) is 18.5 Å². The Morgan fingerprint density at radius 1 is 1.50 bits per heavy atom. The van der Waals surface area contributed by atoms with Crippen LogP contribution >= 0.6 is 0 Å². The van der Waals surface area contributed by atoms with Gasteiger partial charge in [-0.15, -0.1) is 0 Å². The van der Waals surface area contributed by atoms with E-state index in [1.165, 1.54) is 12.8 Å². The number of ether oxygens (including phenoxy) is 1. The topological polar surface area (TPSA) is 50.5 Å². The monoisotopic (exact) mass is 249 g/mol. The van der Waals surface area contributed by atoms with Crippen LogP contribution in [0.15, 0.2) is 18.2 Å². The number of nitrogens with zero attached hydrogens (tertiary/aromatic N) is 1. The maximum atomic E-state index is 5.95. The summed E-state index contributed by atoms with van der Waals surface area (Å²) in [6, 6.07) is 6.98. The highest BCUT2D eigenvalue weighted by Crippen LogP contribution is 2.28. The molecule has 100 valence electrons. The van der Waals surface area contributed by atoms with E-state index in [-0.39, 0.29) is 0 Å². The van der Waals surface area contributed by atoms with Crippen molar-refractivity contribution in [3.8, 4) is 5.75 Å². The first-order valence-corrected chi connectivity index (χ1v) is 6.51. The van der Waals surface area contributed by atoms with Gasteiger partial charge in [-0.2, -0.15) is 0 Å². The van der Waals surface area contributed by atoms with Crippen LogP contribution in [0.25, 0.3) is 0 Å². The SMILES string of the molecule is COc1ccc(N)c(NCC(C)N(C)C2CC2)c1. The average Bonchev–Trinajstić information content (AvgIpc) is 3.20. The zero-order valence-corrected chi connectivity index (χ0v) is 11.4. The van der Waals surface area contributed by atoms with E-state index in [2.05, 4.69) is 24.2 Å². The molecule has 1 fully saturated rings. The first-order chi connectivity index (χ1) is 8.61.